The van der Waals surface area contributed by atoms with Crippen LogP contribution in [0.15, 0.2) is 66.9 Å². The van der Waals surface area contributed by atoms with Crippen molar-refractivity contribution in [1.29, 1.82) is 0 Å². The largest absolute Gasteiger partial charge is 0.461 e. The van der Waals surface area contributed by atoms with Gasteiger partial charge in [-0.05, 0) is 82.3 Å². The Labute approximate surface area is 482 Å². The minimum absolute atomic E-state index is 0.0474. The van der Waals surface area contributed by atoms with Gasteiger partial charge in [-0.15, -0.1) is 6.42 Å². The molecule has 3 aromatic carbocycles. The van der Waals surface area contributed by atoms with Gasteiger partial charge in [0, 0.05) is 101 Å². The first-order valence-electron chi connectivity index (χ1n) is 27.7. The van der Waals surface area contributed by atoms with Crippen molar-refractivity contribution in [1.82, 2.24) is 40.3 Å². The first-order chi connectivity index (χ1) is 40.2. The standard InChI is InChI=1S/C36H36F2N6O2.C15H17N3O4.C9H19NO3.CH2O/c1-4-26-29(37)11-8-22-6-5-7-27(30(22)26)32-31(38)33-28(15-39-32)34(43-17-23-9-10-24(18-43)40-23)42-35(41-33)46-20-36-13-12-25(19-45-3)44(36)16-21(2)14-36;1-16-9-5-6-10-11(8-9)15(22)18(14(10)21)12(4-3-7-19)13(20)17-2;1-10(2)4-7-13-9-8-12-6-3-5-11;1-2/h1,5-8,11,15,23-25,40H,2,9-10,12-14,16-20H2,3H3;5-8,12,16H,3-4H2,1-2H3,(H,17,20);5H,3-4,6-9H2,1-2H3;1H2/t23?,24?,25-,36-;;;/m0.../s1. The highest BCUT2D eigenvalue weighted by Crippen LogP contribution is 2.45. The molecule has 10 rings (SSSR count). The molecule has 442 valence electrons. The number of pyridine rings is 1. The van der Waals surface area contributed by atoms with Gasteiger partial charge in [0.2, 0.25) is 5.91 Å². The molecule has 2 aromatic heterocycles. The lowest BCUT2D eigenvalue weighted by Crippen LogP contribution is -2.51. The maximum absolute atomic E-state index is 16.8. The summed E-state index contributed by atoms with van der Waals surface area (Å²) in [5.41, 5.74) is 2.80. The van der Waals surface area contributed by atoms with Gasteiger partial charge in [-0.3, -0.25) is 29.2 Å². The molecule has 3 amide bonds. The van der Waals surface area contributed by atoms with Crippen LogP contribution in [0.4, 0.5) is 20.3 Å². The summed E-state index contributed by atoms with van der Waals surface area (Å²) in [6.07, 6.45) is 14.5. The smallest absolute Gasteiger partial charge is 0.319 e. The van der Waals surface area contributed by atoms with E-state index in [0.29, 0.717) is 97.1 Å². The monoisotopic (exact) mass is 1140 g/mol. The summed E-state index contributed by atoms with van der Waals surface area (Å²) >= 11 is 0. The molecule has 4 saturated heterocycles. The number of aldehydes is 2. The summed E-state index contributed by atoms with van der Waals surface area (Å²) in [6.45, 7) is 12.9. The van der Waals surface area contributed by atoms with Gasteiger partial charge in [-0.2, -0.15) is 9.97 Å². The van der Waals surface area contributed by atoms with Gasteiger partial charge in [0.25, 0.3) is 11.8 Å². The number of nitrogens with zero attached hydrogens (tertiary/aromatic N) is 7. The Bertz CT molecular complexity index is 3180. The second-order valence-corrected chi connectivity index (χ2v) is 21.1. The maximum Gasteiger partial charge on any atom is 0.319 e. The predicted octanol–water partition coefficient (Wildman–Crippen LogP) is 5.64. The van der Waals surface area contributed by atoms with Gasteiger partial charge in [0.1, 0.15) is 54.9 Å². The number of imide groups is 1. The minimum atomic E-state index is -0.986. The summed E-state index contributed by atoms with van der Waals surface area (Å²) in [4.78, 5) is 87.3. The number of terminal acetylenes is 1. The molecule has 0 radical (unpaired) electrons. The van der Waals surface area contributed by atoms with E-state index in [4.69, 9.17) is 35.1 Å². The molecule has 22 heteroatoms. The lowest BCUT2D eigenvalue weighted by atomic mass is 9.94. The van der Waals surface area contributed by atoms with Crippen molar-refractivity contribution in [2.75, 3.05) is 111 Å². The van der Waals surface area contributed by atoms with Gasteiger partial charge >= 0.3 is 6.01 Å². The lowest BCUT2D eigenvalue weighted by molar-refractivity contribution is -0.124. The van der Waals surface area contributed by atoms with Crippen molar-refractivity contribution in [2.45, 2.75) is 81.1 Å². The summed E-state index contributed by atoms with van der Waals surface area (Å²) < 4.78 is 54.0. The fourth-order valence-electron chi connectivity index (χ4n) is 11.5. The Morgan fingerprint density at radius 1 is 0.952 bits per heavy atom. The maximum atomic E-state index is 16.8. The van der Waals surface area contributed by atoms with Crippen LogP contribution in [-0.4, -0.2) is 198 Å². The molecule has 3 unspecified atom stereocenters. The van der Waals surface area contributed by atoms with E-state index < -0.39 is 35.4 Å². The molecule has 83 heavy (non-hydrogen) atoms. The topological polar surface area (TPSA) is 227 Å². The SMILES string of the molecule is C#Cc1c(F)ccc2cccc(-c3ncc4c(N5CC6CCC(C5)N6)nc(OC[C@@]56CC[C@@H](COC)N5CC(=C)C6)nc4c3F)c12.C=O.CN(C)CCOCCOCCC=O.CNC(=O)C(CCC=O)N1C(=O)c2ccc(NC)cc2C1=O. The number of methoxy groups -OCH3 is 1. The van der Waals surface area contributed by atoms with Gasteiger partial charge in [-0.25, -0.2) is 8.78 Å². The van der Waals surface area contributed by atoms with Crippen molar-refractivity contribution in [3.8, 4) is 29.6 Å². The number of amides is 3. The number of carbonyl (C=O) groups is 6. The van der Waals surface area contributed by atoms with Crippen LogP contribution in [0.3, 0.4) is 0 Å². The number of rotatable bonds is 22. The number of hydrogen-bond donors (Lipinski definition) is 3. The Morgan fingerprint density at radius 2 is 1.67 bits per heavy atom. The molecule has 0 saturated carbocycles. The number of carbonyl (C=O) groups excluding carboxylic acids is 6. The zero-order chi connectivity index (χ0) is 59.8. The quantitative estimate of drug-likeness (QED) is 0.0251. The number of aromatic nitrogens is 3. The van der Waals surface area contributed by atoms with Crippen molar-refractivity contribution >= 4 is 70.3 Å². The average Bonchev–Trinajstić information content (AvgIpc) is 3.56. The first-order valence-corrected chi connectivity index (χ1v) is 27.7. The Morgan fingerprint density at radius 3 is 2.35 bits per heavy atom. The van der Waals surface area contributed by atoms with Gasteiger partial charge < -0.3 is 59.1 Å². The van der Waals surface area contributed by atoms with E-state index in [1.807, 2.05) is 27.0 Å². The second kappa shape index (κ2) is 29.5. The number of nitrogens with one attached hydrogen (secondary N) is 3. The summed E-state index contributed by atoms with van der Waals surface area (Å²) in [6, 6.07) is 13.2. The molecule has 4 fully saturated rings. The van der Waals surface area contributed by atoms with E-state index in [-0.39, 0.29) is 52.3 Å². The molecule has 5 aliphatic heterocycles. The van der Waals surface area contributed by atoms with E-state index in [1.54, 1.807) is 56.8 Å². The third-order valence-electron chi connectivity index (χ3n) is 15.4. The summed E-state index contributed by atoms with van der Waals surface area (Å²) in [5.74, 6) is 0.400. The van der Waals surface area contributed by atoms with Gasteiger partial charge in [0.05, 0.1) is 60.6 Å². The molecule has 5 aromatic rings. The van der Waals surface area contributed by atoms with E-state index in [0.717, 1.165) is 76.1 Å². The minimum Gasteiger partial charge on any atom is -0.461 e. The zero-order valence-corrected chi connectivity index (χ0v) is 47.8. The van der Waals surface area contributed by atoms with E-state index in [1.165, 1.54) is 18.7 Å². The number of piperazine rings is 1. The number of fused-ring (bicyclic) bond motifs is 6. The highest BCUT2D eigenvalue weighted by molar-refractivity contribution is 6.23. The van der Waals surface area contributed by atoms with Crippen LogP contribution in [-0.2, 0) is 33.4 Å². The van der Waals surface area contributed by atoms with E-state index in [2.05, 4.69) is 53.1 Å². The average molecular weight is 1150 g/mol. The molecular formula is C61H74F2N10O10. The van der Waals surface area contributed by atoms with Crippen molar-refractivity contribution in [3.05, 3.63) is 95.2 Å². The van der Waals surface area contributed by atoms with Gasteiger partial charge in [0.15, 0.2) is 5.82 Å². The molecule has 0 aliphatic carbocycles. The van der Waals surface area contributed by atoms with Crippen LogP contribution < -0.4 is 25.6 Å². The fourth-order valence-corrected chi connectivity index (χ4v) is 11.5. The zero-order valence-electron chi connectivity index (χ0n) is 47.8. The molecule has 20 nitrogen and oxygen atoms in total. The summed E-state index contributed by atoms with van der Waals surface area (Å²) in [5, 5.41) is 10.6. The molecule has 0 spiro atoms. The first kappa shape index (κ1) is 62.9. The second-order valence-electron chi connectivity index (χ2n) is 21.1. The molecule has 5 aliphatic rings. The summed E-state index contributed by atoms with van der Waals surface area (Å²) in [7, 11) is 8.87. The highest BCUT2D eigenvalue weighted by Gasteiger charge is 2.51. The number of ether oxygens (including phenoxy) is 4. The van der Waals surface area contributed by atoms with Crippen LogP contribution in [0.25, 0.3) is 32.9 Å². The predicted molar refractivity (Wildman–Crippen MR) is 312 cm³/mol. The molecule has 5 atom stereocenters. The number of halogens is 2. The Kier molecular flexibility index (Phi) is 22.4. The third kappa shape index (κ3) is 14.4. The van der Waals surface area contributed by atoms with Crippen LogP contribution in [0.1, 0.15) is 77.6 Å². The van der Waals surface area contributed by atoms with Crippen LogP contribution in [0.5, 0.6) is 6.01 Å². The fraction of sp³-hybridized carbons (Fsp3) is 0.459. The highest BCUT2D eigenvalue weighted by atomic mass is 19.1. The number of likely N-dealkylation sites (N-methyl/N-ethyl adjacent to an activating group) is 2. The van der Waals surface area contributed by atoms with E-state index in [9.17, 15) is 28.4 Å². The van der Waals surface area contributed by atoms with Crippen molar-refractivity contribution in [2.24, 2.45) is 0 Å². The third-order valence-corrected chi connectivity index (χ3v) is 15.4. The normalized spacial score (nSPS) is 19.9. The molecule has 2 bridgehead atoms. The Balaban J connectivity index is 0.000000222. The van der Waals surface area contributed by atoms with Crippen molar-refractivity contribution < 1.29 is 56.5 Å². The molecule has 7 heterocycles. The van der Waals surface area contributed by atoms with Gasteiger partial charge in [-0.1, -0.05) is 42.3 Å². The molecule has 3 N–H and O–H groups in total. The van der Waals surface area contributed by atoms with Crippen LogP contribution >= 0.6 is 0 Å². The number of benzene rings is 3. The lowest BCUT2D eigenvalue weighted by Gasteiger charge is -2.35. The van der Waals surface area contributed by atoms with E-state index >= 15 is 4.39 Å². The number of hydrogen-bond acceptors (Lipinski definition) is 18. The molecular weight excluding hydrogens is 1070 g/mol. The Hall–Kier alpha value is -7.65. The van der Waals surface area contributed by atoms with Crippen molar-refractivity contribution in [3.63, 3.8) is 0 Å². The number of anilines is 2. The van der Waals surface area contributed by atoms with Crippen LogP contribution in [0.2, 0.25) is 0 Å². The van der Waals surface area contributed by atoms with Crippen LogP contribution in [0, 0.1) is 24.0 Å².